The number of nitrogens with one attached hydrogen (secondary N) is 1. The van der Waals surface area contributed by atoms with E-state index in [9.17, 15) is 4.39 Å². The van der Waals surface area contributed by atoms with Crippen LogP contribution in [0.3, 0.4) is 0 Å². The fourth-order valence-electron chi connectivity index (χ4n) is 1.74. The number of benzene rings is 2. The minimum absolute atomic E-state index is 0.164. The second-order valence-electron chi connectivity index (χ2n) is 4.01. The molecule has 2 aromatic rings. The minimum atomic E-state index is -0.231. The lowest BCUT2D eigenvalue weighted by Crippen LogP contribution is -2.08. The Kier molecular flexibility index (Phi) is 4.25. The summed E-state index contributed by atoms with van der Waals surface area (Å²) in [5.74, 6) is -0.231. The maximum atomic E-state index is 13.7. The highest BCUT2D eigenvalue weighted by molar-refractivity contribution is 9.10. The van der Waals surface area contributed by atoms with Crippen LogP contribution in [0.15, 0.2) is 46.9 Å². The largest absolute Gasteiger partial charge is 0.377 e. The highest BCUT2D eigenvalue weighted by Gasteiger charge is 2.12. The van der Waals surface area contributed by atoms with Crippen molar-refractivity contribution in [3.63, 3.8) is 0 Å². The van der Waals surface area contributed by atoms with Gasteiger partial charge >= 0.3 is 0 Å². The molecule has 18 heavy (non-hydrogen) atoms. The van der Waals surface area contributed by atoms with Crippen LogP contribution >= 0.6 is 27.5 Å². The Morgan fingerprint density at radius 3 is 2.67 bits per heavy atom. The van der Waals surface area contributed by atoms with Crippen LogP contribution in [0.25, 0.3) is 0 Å². The van der Waals surface area contributed by atoms with Gasteiger partial charge in [-0.25, -0.2) is 4.39 Å². The van der Waals surface area contributed by atoms with Crippen LogP contribution in [-0.2, 0) is 0 Å². The molecule has 1 unspecified atom stereocenters. The topological polar surface area (TPSA) is 12.0 Å². The third-order valence-corrected chi connectivity index (χ3v) is 3.49. The van der Waals surface area contributed by atoms with Gasteiger partial charge in [-0.1, -0.05) is 39.7 Å². The molecule has 0 saturated heterocycles. The Labute approximate surface area is 119 Å². The van der Waals surface area contributed by atoms with Gasteiger partial charge in [0.2, 0.25) is 0 Å². The third kappa shape index (κ3) is 3.03. The molecule has 0 radical (unpaired) electrons. The number of hydrogen-bond donors (Lipinski definition) is 1. The Hall–Kier alpha value is -1.06. The van der Waals surface area contributed by atoms with Crippen molar-refractivity contribution in [1.82, 2.24) is 0 Å². The van der Waals surface area contributed by atoms with Gasteiger partial charge in [-0.3, -0.25) is 0 Å². The Morgan fingerprint density at radius 2 is 1.94 bits per heavy atom. The molecule has 0 aliphatic carbocycles. The van der Waals surface area contributed by atoms with Gasteiger partial charge in [-0.05, 0) is 37.3 Å². The summed E-state index contributed by atoms with van der Waals surface area (Å²) < 4.78 is 14.6. The fraction of sp³-hybridized carbons (Fsp3) is 0.143. The first-order chi connectivity index (χ1) is 8.58. The molecule has 0 aliphatic rings. The molecule has 0 spiro atoms. The highest BCUT2D eigenvalue weighted by Crippen LogP contribution is 2.28. The van der Waals surface area contributed by atoms with E-state index in [1.807, 2.05) is 25.1 Å². The number of anilines is 1. The molecule has 2 aromatic carbocycles. The zero-order valence-corrected chi connectivity index (χ0v) is 12.1. The molecule has 0 amide bonds. The van der Waals surface area contributed by atoms with Crippen molar-refractivity contribution in [2.45, 2.75) is 13.0 Å². The highest BCUT2D eigenvalue weighted by atomic mass is 79.9. The second kappa shape index (κ2) is 5.72. The van der Waals surface area contributed by atoms with Crippen molar-refractivity contribution in [3.8, 4) is 0 Å². The van der Waals surface area contributed by atoms with Gasteiger partial charge in [0.05, 0.1) is 16.8 Å². The van der Waals surface area contributed by atoms with Gasteiger partial charge in [0.25, 0.3) is 0 Å². The minimum Gasteiger partial charge on any atom is -0.377 e. The molecule has 1 N–H and O–H groups in total. The third-order valence-electron chi connectivity index (χ3n) is 2.67. The van der Waals surface area contributed by atoms with Gasteiger partial charge in [0.1, 0.15) is 5.82 Å². The first kappa shape index (κ1) is 13.4. The lowest BCUT2D eigenvalue weighted by molar-refractivity contribution is 0.600. The number of halogens is 3. The summed E-state index contributed by atoms with van der Waals surface area (Å²) >= 11 is 9.41. The smallest absolute Gasteiger partial charge is 0.128 e. The number of hydrogen-bond acceptors (Lipinski definition) is 1. The zero-order valence-electron chi connectivity index (χ0n) is 9.75. The molecule has 0 bridgehead atoms. The predicted molar refractivity (Wildman–Crippen MR) is 77.6 cm³/mol. The molecular formula is C14H12BrClFN. The SMILES string of the molecule is CC(Nc1ccccc1Cl)c1cc(Br)ccc1F. The molecule has 94 valence electrons. The van der Waals surface area contributed by atoms with E-state index in [0.29, 0.717) is 10.6 Å². The normalized spacial score (nSPS) is 12.2. The molecule has 0 aliphatic heterocycles. The molecule has 0 saturated carbocycles. The monoisotopic (exact) mass is 327 g/mol. The van der Waals surface area contributed by atoms with Crippen molar-refractivity contribution in [3.05, 3.63) is 63.3 Å². The quantitative estimate of drug-likeness (QED) is 0.794. The van der Waals surface area contributed by atoms with E-state index >= 15 is 0 Å². The lowest BCUT2D eigenvalue weighted by Gasteiger charge is -2.17. The van der Waals surface area contributed by atoms with E-state index < -0.39 is 0 Å². The van der Waals surface area contributed by atoms with Crippen LogP contribution < -0.4 is 5.32 Å². The predicted octanol–water partition coefficient (Wildman–Crippen LogP) is 5.41. The molecule has 0 aromatic heterocycles. The zero-order chi connectivity index (χ0) is 13.1. The Morgan fingerprint density at radius 1 is 1.22 bits per heavy atom. The van der Waals surface area contributed by atoms with E-state index in [1.54, 1.807) is 18.2 Å². The van der Waals surface area contributed by atoms with Crippen LogP contribution in [-0.4, -0.2) is 0 Å². The van der Waals surface area contributed by atoms with E-state index in [-0.39, 0.29) is 11.9 Å². The molecule has 0 fully saturated rings. The van der Waals surface area contributed by atoms with Gasteiger partial charge < -0.3 is 5.32 Å². The van der Waals surface area contributed by atoms with Gasteiger partial charge in [-0.2, -0.15) is 0 Å². The molecule has 2 rings (SSSR count). The average Bonchev–Trinajstić information content (AvgIpc) is 2.35. The van der Waals surface area contributed by atoms with E-state index in [4.69, 9.17) is 11.6 Å². The van der Waals surface area contributed by atoms with Crippen molar-refractivity contribution in [1.29, 1.82) is 0 Å². The number of rotatable bonds is 3. The fourth-order valence-corrected chi connectivity index (χ4v) is 2.30. The summed E-state index contributed by atoms with van der Waals surface area (Å²) in [6, 6.07) is 12.1. The standard InChI is InChI=1S/C14H12BrClFN/c1-9(11-8-10(15)6-7-13(11)17)18-14-5-3-2-4-12(14)16/h2-9,18H,1H3. The van der Waals surface area contributed by atoms with Crippen molar-refractivity contribution in [2.24, 2.45) is 0 Å². The maximum absolute atomic E-state index is 13.7. The first-order valence-corrected chi connectivity index (χ1v) is 6.71. The molecule has 0 heterocycles. The molecule has 4 heteroatoms. The Bertz CT molecular complexity index is 559. The van der Waals surface area contributed by atoms with E-state index in [2.05, 4.69) is 21.2 Å². The van der Waals surface area contributed by atoms with Crippen molar-refractivity contribution >= 4 is 33.2 Å². The summed E-state index contributed by atoms with van der Waals surface area (Å²) in [6.45, 7) is 1.90. The van der Waals surface area contributed by atoms with Crippen molar-refractivity contribution in [2.75, 3.05) is 5.32 Å². The van der Waals surface area contributed by atoms with Gasteiger partial charge in [-0.15, -0.1) is 0 Å². The molecular weight excluding hydrogens is 317 g/mol. The van der Waals surface area contributed by atoms with Gasteiger partial charge in [0.15, 0.2) is 0 Å². The molecule has 1 atom stereocenters. The van der Waals surface area contributed by atoms with Crippen LogP contribution in [0.5, 0.6) is 0 Å². The van der Waals surface area contributed by atoms with Crippen LogP contribution in [0.1, 0.15) is 18.5 Å². The lowest BCUT2D eigenvalue weighted by atomic mass is 10.1. The van der Waals surface area contributed by atoms with Gasteiger partial charge in [0, 0.05) is 10.0 Å². The van der Waals surface area contributed by atoms with E-state index in [0.717, 1.165) is 10.2 Å². The summed E-state index contributed by atoms with van der Waals surface area (Å²) in [5.41, 5.74) is 1.40. The summed E-state index contributed by atoms with van der Waals surface area (Å²) in [4.78, 5) is 0. The second-order valence-corrected chi connectivity index (χ2v) is 5.33. The summed E-state index contributed by atoms with van der Waals surface area (Å²) in [6.07, 6.45) is 0. The molecule has 1 nitrogen and oxygen atoms in total. The van der Waals surface area contributed by atoms with Crippen molar-refractivity contribution < 1.29 is 4.39 Å². The summed E-state index contributed by atoms with van der Waals surface area (Å²) in [5, 5.41) is 3.83. The average molecular weight is 329 g/mol. The maximum Gasteiger partial charge on any atom is 0.128 e. The first-order valence-electron chi connectivity index (χ1n) is 5.54. The Balaban J connectivity index is 2.25. The summed E-state index contributed by atoms with van der Waals surface area (Å²) in [7, 11) is 0. The van der Waals surface area contributed by atoms with Crippen LogP contribution in [0.2, 0.25) is 5.02 Å². The number of para-hydroxylation sites is 1. The van der Waals surface area contributed by atoms with E-state index in [1.165, 1.54) is 6.07 Å². The van der Waals surface area contributed by atoms with Crippen LogP contribution in [0.4, 0.5) is 10.1 Å². The van der Waals surface area contributed by atoms with Crippen LogP contribution in [0, 0.1) is 5.82 Å².